The molecule has 3 aliphatic carbocycles. The lowest BCUT2D eigenvalue weighted by molar-refractivity contribution is -0.274. The summed E-state index contributed by atoms with van der Waals surface area (Å²) >= 11 is 0. The van der Waals surface area contributed by atoms with Gasteiger partial charge in [-0.2, -0.15) is 0 Å². The fourth-order valence-electron chi connectivity index (χ4n) is 3.91. The first-order valence-corrected chi connectivity index (χ1v) is 8.39. The van der Waals surface area contributed by atoms with Crippen LogP contribution in [-0.2, 0) is 20.7 Å². The number of fused-ring (bicyclic) bond motifs is 3. The van der Waals surface area contributed by atoms with Crippen molar-refractivity contribution >= 4 is 11.9 Å². The summed E-state index contributed by atoms with van der Waals surface area (Å²) in [5.41, 5.74) is 0.296. The van der Waals surface area contributed by atoms with Gasteiger partial charge < -0.3 is 9.47 Å². The largest absolute Gasteiger partial charge is 0.573 e. The highest BCUT2D eigenvalue weighted by atomic mass is 19.4. The minimum atomic E-state index is -4.80. The van der Waals surface area contributed by atoms with Gasteiger partial charge in [0, 0.05) is 0 Å². The van der Waals surface area contributed by atoms with Crippen LogP contribution >= 0.6 is 0 Å². The number of carbonyl (C=O) groups is 2. The summed E-state index contributed by atoms with van der Waals surface area (Å²) in [4.78, 5) is 24.2. The number of halogens is 3. The van der Waals surface area contributed by atoms with Crippen LogP contribution in [0.1, 0.15) is 37.7 Å². The predicted octanol–water partition coefficient (Wildman–Crippen LogP) is 4.02. The molecule has 2 bridgehead atoms. The SMILES string of the molecule is O=C(Cc1cccc(OC(F)(F)F)c1)OC(=O)C1CC2CCC1CC2. The van der Waals surface area contributed by atoms with E-state index < -0.39 is 24.1 Å². The van der Waals surface area contributed by atoms with Crippen LogP contribution in [-0.4, -0.2) is 18.3 Å². The summed E-state index contributed by atoms with van der Waals surface area (Å²) in [6, 6.07) is 5.09. The van der Waals surface area contributed by atoms with Crippen molar-refractivity contribution in [3.05, 3.63) is 29.8 Å². The average molecular weight is 356 g/mol. The summed E-state index contributed by atoms with van der Waals surface area (Å²) in [5.74, 6) is -1.06. The van der Waals surface area contributed by atoms with E-state index in [2.05, 4.69) is 4.74 Å². The minimum Gasteiger partial charge on any atom is -0.406 e. The zero-order valence-corrected chi connectivity index (χ0v) is 13.6. The first-order chi connectivity index (χ1) is 11.8. The number of alkyl halides is 3. The van der Waals surface area contributed by atoms with Crippen molar-refractivity contribution in [1.82, 2.24) is 0 Å². The highest BCUT2D eigenvalue weighted by molar-refractivity contribution is 5.88. The molecule has 0 amide bonds. The summed E-state index contributed by atoms with van der Waals surface area (Å²) in [6.45, 7) is 0. The molecule has 4 nitrogen and oxygen atoms in total. The third-order valence-electron chi connectivity index (χ3n) is 5.05. The van der Waals surface area contributed by atoms with Crippen LogP contribution in [0.3, 0.4) is 0 Å². The van der Waals surface area contributed by atoms with Gasteiger partial charge in [0.2, 0.25) is 0 Å². The van der Waals surface area contributed by atoms with E-state index in [0.29, 0.717) is 11.5 Å². The van der Waals surface area contributed by atoms with Crippen molar-refractivity contribution in [1.29, 1.82) is 0 Å². The van der Waals surface area contributed by atoms with Gasteiger partial charge in [-0.05, 0) is 48.8 Å². The lowest BCUT2D eigenvalue weighted by Gasteiger charge is -2.40. The molecule has 3 fully saturated rings. The highest BCUT2D eigenvalue weighted by Gasteiger charge is 2.40. The van der Waals surface area contributed by atoms with Crippen molar-refractivity contribution in [3.63, 3.8) is 0 Å². The molecule has 25 heavy (non-hydrogen) atoms. The van der Waals surface area contributed by atoms with E-state index in [0.717, 1.165) is 44.2 Å². The minimum absolute atomic E-state index is 0.226. The first kappa shape index (κ1) is 17.8. The van der Waals surface area contributed by atoms with E-state index in [4.69, 9.17) is 4.74 Å². The van der Waals surface area contributed by atoms with E-state index in [-0.39, 0.29) is 18.3 Å². The van der Waals surface area contributed by atoms with E-state index >= 15 is 0 Å². The van der Waals surface area contributed by atoms with Gasteiger partial charge in [-0.3, -0.25) is 9.59 Å². The Labute approximate surface area is 143 Å². The van der Waals surface area contributed by atoms with Crippen molar-refractivity contribution in [3.8, 4) is 5.75 Å². The van der Waals surface area contributed by atoms with Gasteiger partial charge in [0.15, 0.2) is 0 Å². The number of hydrogen-bond acceptors (Lipinski definition) is 4. The van der Waals surface area contributed by atoms with E-state index in [9.17, 15) is 22.8 Å². The van der Waals surface area contributed by atoms with E-state index in [1.54, 1.807) is 0 Å². The molecule has 0 saturated heterocycles. The van der Waals surface area contributed by atoms with E-state index in [1.165, 1.54) is 12.1 Å². The molecule has 1 unspecified atom stereocenters. The molecular formula is C18H19F3O4. The predicted molar refractivity (Wildman–Crippen MR) is 81.5 cm³/mol. The zero-order valence-electron chi connectivity index (χ0n) is 13.6. The smallest absolute Gasteiger partial charge is 0.406 e. The van der Waals surface area contributed by atoms with Crippen LogP contribution in [0, 0.1) is 17.8 Å². The quantitative estimate of drug-likeness (QED) is 0.604. The molecule has 3 aliphatic rings. The molecule has 0 aliphatic heterocycles. The maximum Gasteiger partial charge on any atom is 0.573 e. The van der Waals surface area contributed by atoms with Gasteiger partial charge >= 0.3 is 18.3 Å². The van der Waals surface area contributed by atoms with Crippen LogP contribution in [0.25, 0.3) is 0 Å². The maximum atomic E-state index is 12.2. The lowest BCUT2D eigenvalue weighted by atomic mass is 9.65. The first-order valence-electron chi connectivity index (χ1n) is 8.39. The summed E-state index contributed by atoms with van der Waals surface area (Å²) in [6.07, 6.45) is -0.0453. The van der Waals surface area contributed by atoms with Crippen LogP contribution < -0.4 is 4.74 Å². The summed E-state index contributed by atoms with van der Waals surface area (Å²) < 4.78 is 45.4. The molecule has 1 atom stereocenters. The second kappa shape index (κ2) is 7.06. The van der Waals surface area contributed by atoms with E-state index in [1.807, 2.05) is 0 Å². The van der Waals surface area contributed by atoms with Gasteiger partial charge in [0.1, 0.15) is 5.75 Å². The third-order valence-corrected chi connectivity index (χ3v) is 5.05. The Morgan fingerprint density at radius 3 is 2.44 bits per heavy atom. The molecule has 0 aromatic heterocycles. The zero-order chi connectivity index (χ0) is 18.0. The van der Waals surface area contributed by atoms with Gasteiger partial charge in [-0.1, -0.05) is 25.0 Å². The van der Waals surface area contributed by atoms with Crippen LogP contribution in [0.4, 0.5) is 13.2 Å². The lowest BCUT2D eigenvalue weighted by Crippen LogP contribution is -2.37. The highest BCUT2D eigenvalue weighted by Crippen LogP contribution is 2.45. The standard InChI is InChI=1S/C18H19F3O4/c19-18(20,21)25-14-3-1-2-12(8-14)10-16(22)24-17(23)15-9-11-4-6-13(15)7-5-11/h1-3,8,11,13,15H,4-7,9-10H2. The van der Waals surface area contributed by atoms with Crippen molar-refractivity contribution in [2.75, 3.05) is 0 Å². The fraction of sp³-hybridized carbons (Fsp3) is 0.556. The van der Waals surface area contributed by atoms with Crippen LogP contribution in [0.15, 0.2) is 24.3 Å². The molecule has 136 valence electrons. The van der Waals surface area contributed by atoms with Gasteiger partial charge in [0.25, 0.3) is 0 Å². The average Bonchev–Trinajstić information content (AvgIpc) is 2.54. The number of carbonyl (C=O) groups excluding carboxylic acids is 2. The molecule has 0 heterocycles. The Morgan fingerprint density at radius 1 is 1.12 bits per heavy atom. The second-order valence-corrected chi connectivity index (χ2v) is 6.79. The number of esters is 2. The summed E-state index contributed by atoms with van der Waals surface area (Å²) in [5, 5.41) is 0. The topological polar surface area (TPSA) is 52.6 Å². The number of rotatable bonds is 4. The fourth-order valence-corrected chi connectivity index (χ4v) is 3.91. The van der Waals surface area contributed by atoms with Crippen LogP contribution in [0.2, 0.25) is 0 Å². The molecule has 4 rings (SSSR count). The Kier molecular flexibility index (Phi) is 5.01. The Balaban J connectivity index is 1.55. The monoisotopic (exact) mass is 356 g/mol. The van der Waals surface area contributed by atoms with Crippen LogP contribution in [0.5, 0.6) is 5.75 Å². The summed E-state index contributed by atoms with van der Waals surface area (Å²) in [7, 11) is 0. The maximum absolute atomic E-state index is 12.2. The number of hydrogen-bond donors (Lipinski definition) is 0. The molecule has 0 spiro atoms. The van der Waals surface area contributed by atoms with Gasteiger partial charge in [0.05, 0.1) is 12.3 Å². The normalized spacial score (nSPS) is 25.5. The molecule has 1 aromatic carbocycles. The molecule has 3 saturated carbocycles. The Hall–Kier alpha value is -2.05. The third kappa shape index (κ3) is 4.74. The second-order valence-electron chi connectivity index (χ2n) is 6.79. The van der Waals surface area contributed by atoms with Crippen molar-refractivity contribution in [2.24, 2.45) is 17.8 Å². The molecule has 7 heteroatoms. The van der Waals surface area contributed by atoms with Gasteiger partial charge in [-0.15, -0.1) is 13.2 Å². The Bertz CT molecular complexity index is 648. The van der Waals surface area contributed by atoms with Crippen molar-refractivity contribution < 1.29 is 32.2 Å². The Morgan fingerprint density at radius 2 is 1.84 bits per heavy atom. The molecular weight excluding hydrogens is 337 g/mol. The van der Waals surface area contributed by atoms with Gasteiger partial charge in [-0.25, -0.2) is 0 Å². The number of ether oxygens (including phenoxy) is 2. The van der Waals surface area contributed by atoms with Crippen molar-refractivity contribution in [2.45, 2.75) is 44.9 Å². The molecule has 1 aromatic rings. The number of benzene rings is 1. The molecule has 0 N–H and O–H groups in total. The molecule has 0 radical (unpaired) electrons.